The van der Waals surface area contributed by atoms with Gasteiger partial charge in [0.25, 0.3) is 0 Å². The van der Waals surface area contributed by atoms with Crippen LogP contribution in [0.1, 0.15) is 18.4 Å². The molecule has 0 aromatic heterocycles. The molecule has 1 aromatic carbocycles. The van der Waals surface area contributed by atoms with Crippen LogP contribution < -0.4 is 5.32 Å². The average Bonchev–Trinajstić information content (AvgIpc) is 2.28. The number of carboxylic acids is 1. The molecule has 1 aromatic rings. The Balaban J connectivity index is 2.16. The lowest BCUT2D eigenvalue weighted by Crippen LogP contribution is -2.29. The molecule has 0 bridgehead atoms. The number of carbonyl (C=O) groups excluding carboxylic acids is 1. The Kier molecular flexibility index (Phi) is 3.38. The zero-order valence-corrected chi connectivity index (χ0v) is 10.2. The molecule has 2 N–H and O–H groups in total. The molecule has 1 amide bonds. The van der Waals surface area contributed by atoms with Gasteiger partial charge in [0.1, 0.15) is 0 Å². The van der Waals surface area contributed by atoms with Gasteiger partial charge in [0.15, 0.2) is 0 Å². The van der Waals surface area contributed by atoms with Gasteiger partial charge in [0.2, 0.25) is 5.91 Å². The molecule has 0 saturated heterocycles. The second-order valence-corrected chi connectivity index (χ2v) is 5.22. The normalized spacial score (nSPS) is 18.4. The number of thioether (sulfide) groups is 1. The molecule has 0 fully saturated rings. The van der Waals surface area contributed by atoms with E-state index >= 15 is 0 Å². The number of carbonyl (C=O) groups is 2. The van der Waals surface area contributed by atoms with Crippen LogP contribution in [0.3, 0.4) is 0 Å². The molecule has 0 spiro atoms. The Hall–Kier alpha value is -1.49. The third-order valence-corrected chi connectivity index (χ3v) is 3.99. The van der Waals surface area contributed by atoms with Crippen molar-refractivity contribution in [3.05, 3.63) is 23.8 Å². The number of hydrogen-bond acceptors (Lipinski definition) is 3. The summed E-state index contributed by atoms with van der Waals surface area (Å²) in [5.41, 5.74) is 1.88. The van der Waals surface area contributed by atoms with Gasteiger partial charge in [-0.05, 0) is 25.0 Å². The maximum absolute atomic E-state index is 11.8. The molecule has 1 aliphatic heterocycles. The lowest BCUT2D eigenvalue weighted by atomic mass is 10.1. The van der Waals surface area contributed by atoms with Crippen molar-refractivity contribution >= 4 is 29.3 Å². The van der Waals surface area contributed by atoms with Crippen molar-refractivity contribution in [2.75, 3.05) is 5.32 Å². The van der Waals surface area contributed by atoms with Gasteiger partial charge in [-0.15, -0.1) is 11.8 Å². The molecular formula is C12H13NO3S. The Bertz CT molecular complexity index is 473. The van der Waals surface area contributed by atoms with E-state index in [1.165, 1.54) is 11.8 Å². The summed E-state index contributed by atoms with van der Waals surface area (Å²) in [5.74, 6) is -0.966. The van der Waals surface area contributed by atoms with Crippen LogP contribution in [0.5, 0.6) is 0 Å². The van der Waals surface area contributed by atoms with Crippen LogP contribution in [-0.4, -0.2) is 22.2 Å². The van der Waals surface area contributed by atoms with Gasteiger partial charge in [-0.25, -0.2) is 0 Å². The molecule has 1 heterocycles. The van der Waals surface area contributed by atoms with Crippen molar-refractivity contribution in [3.63, 3.8) is 0 Å². The van der Waals surface area contributed by atoms with Crippen molar-refractivity contribution in [1.29, 1.82) is 0 Å². The van der Waals surface area contributed by atoms with Gasteiger partial charge in [0.05, 0.1) is 10.9 Å². The number of aryl methyl sites for hydroxylation is 1. The molecule has 5 heteroatoms. The van der Waals surface area contributed by atoms with E-state index in [0.717, 1.165) is 16.1 Å². The minimum Gasteiger partial charge on any atom is -0.481 e. The zero-order valence-electron chi connectivity index (χ0n) is 9.40. The fourth-order valence-corrected chi connectivity index (χ4v) is 2.95. The van der Waals surface area contributed by atoms with E-state index in [2.05, 4.69) is 5.32 Å². The van der Waals surface area contributed by atoms with Crippen molar-refractivity contribution in [1.82, 2.24) is 0 Å². The number of benzene rings is 1. The maximum atomic E-state index is 11.8. The molecule has 17 heavy (non-hydrogen) atoms. The van der Waals surface area contributed by atoms with Crippen LogP contribution in [0.2, 0.25) is 0 Å². The third-order valence-electron chi connectivity index (χ3n) is 2.66. The van der Waals surface area contributed by atoms with Gasteiger partial charge in [-0.2, -0.15) is 0 Å². The van der Waals surface area contributed by atoms with Crippen molar-refractivity contribution < 1.29 is 14.7 Å². The van der Waals surface area contributed by atoms with E-state index in [1.807, 2.05) is 25.1 Å². The van der Waals surface area contributed by atoms with Gasteiger partial charge in [-0.3, -0.25) is 9.59 Å². The number of amides is 1. The van der Waals surface area contributed by atoms with Crippen LogP contribution >= 0.6 is 11.8 Å². The average molecular weight is 251 g/mol. The van der Waals surface area contributed by atoms with Crippen molar-refractivity contribution in [3.8, 4) is 0 Å². The van der Waals surface area contributed by atoms with E-state index in [4.69, 9.17) is 5.11 Å². The third kappa shape index (κ3) is 2.61. The number of anilines is 1. The summed E-state index contributed by atoms with van der Waals surface area (Å²) in [6, 6.07) is 5.82. The lowest BCUT2D eigenvalue weighted by Gasteiger charge is -2.24. The van der Waals surface area contributed by atoms with Gasteiger partial charge >= 0.3 is 5.97 Å². The van der Waals surface area contributed by atoms with Crippen LogP contribution in [0.25, 0.3) is 0 Å². The highest BCUT2D eigenvalue weighted by molar-refractivity contribution is 8.01. The van der Waals surface area contributed by atoms with E-state index in [-0.39, 0.29) is 17.6 Å². The SMILES string of the molecule is Cc1cccc2c1NC(=O)C(CCC(=O)O)S2. The number of fused-ring (bicyclic) bond motifs is 1. The Morgan fingerprint density at radius 3 is 3.00 bits per heavy atom. The monoisotopic (exact) mass is 251 g/mol. The number of nitrogens with one attached hydrogen (secondary N) is 1. The number of hydrogen-bond donors (Lipinski definition) is 2. The van der Waals surface area contributed by atoms with Crippen molar-refractivity contribution in [2.24, 2.45) is 0 Å². The Labute approximate surface area is 103 Å². The van der Waals surface area contributed by atoms with Gasteiger partial charge < -0.3 is 10.4 Å². The highest BCUT2D eigenvalue weighted by Gasteiger charge is 2.27. The van der Waals surface area contributed by atoms with E-state index in [9.17, 15) is 9.59 Å². The summed E-state index contributed by atoms with van der Waals surface area (Å²) in [4.78, 5) is 23.3. The van der Waals surface area contributed by atoms with Gasteiger partial charge in [0, 0.05) is 11.3 Å². The van der Waals surface area contributed by atoms with E-state index in [1.54, 1.807) is 0 Å². The topological polar surface area (TPSA) is 66.4 Å². The summed E-state index contributed by atoms with van der Waals surface area (Å²) in [7, 11) is 0. The first-order valence-electron chi connectivity index (χ1n) is 5.37. The van der Waals surface area contributed by atoms with Crippen LogP contribution in [0.4, 0.5) is 5.69 Å². The number of para-hydroxylation sites is 1. The summed E-state index contributed by atoms with van der Waals surface area (Å²) in [6.45, 7) is 1.94. The standard InChI is InChI=1S/C12H13NO3S/c1-7-3-2-4-8-11(7)13-12(16)9(17-8)5-6-10(14)15/h2-4,9H,5-6H2,1H3,(H,13,16)(H,14,15). The zero-order chi connectivity index (χ0) is 12.4. The Morgan fingerprint density at radius 2 is 2.29 bits per heavy atom. The quantitative estimate of drug-likeness (QED) is 0.864. The smallest absolute Gasteiger partial charge is 0.303 e. The minimum absolute atomic E-state index is 0.0201. The van der Waals surface area contributed by atoms with Crippen LogP contribution in [0, 0.1) is 6.92 Å². The molecule has 1 aliphatic rings. The second-order valence-electron chi connectivity index (χ2n) is 3.98. The van der Waals surface area contributed by atoms with Gasteiger partial charge in [-0.1, -0.05) is 12.1 Å². The van der Waals surface area contributed by atoms with Crippen LogP contribution in [-0.2, 0) is 9.59 Å². The minimum atomic E-state index is -0.867. The van der Waals surface area contributed by atoms with E-state index in [0.29, 0.717) is 6.42 Å². The predicted molar refractivity (Wildman–Crippen MR) is 66.3 cm³/mol. The van der Waals surface area contributed by atoms with E-state index < -0.39 is 5.97 Å². The molecule has 1 unspecified atom stereocenters. The first-order chi connectivity index (χ1) is 8.08. The molecule has 90 valence electrons. The molecule has 0 radical (unpaired) electrons. The second kappa shape index (κ2) is 4.79. The molecule has 0 aliphatic carbocycles. The highest BCUT2D eigenvalue weighted by atomic mass is 32.2. The van der Waals surface area contributed by atoms with Crippen LogP contribution in [0.15, 0.2) is 23.1 Å². The first kappa shape index (κ1) is 12.0. The molecule has 2 rings (SSSR count). The molecule has 1 atom stereocenters. The number of carboxylic acid groups (broad SMARTS) is 1. The number of aliphatic carboxylic acids is 1. The fraction of sp³-hybridized carbons (Fsp3) is 0.333. The highest BCUT2D eigenvalue weighted by Crippen LogP contribution is 2.38. The summed E-state index contributed by atoms with van der Waals surface area (Å²) < 4.78 is 0. The fourth-order valence-electron chi connectivity index (χ4n) is 1.75. The summed E-state index contributed by atoms with van der Waals surface area (Å²) in [5, 5.41) is 11.2. The molecular weight excluding hydrogens is 238 g/mol. The predicted octanol–water partition coefficient (Wildman–Crippen LogP) is 2.27. The number of rotatable bonds is 3. The summed E-state index contributed by atoms with van der Waals surface area (Å²) in [6.07, 6.45) is 0.380. The largest absolute Gasteiger partial charge is 0.481 e. The maximum Gasteiger partial charge on any atom is 0.303 e. The first-order valence-corrected chi connectivity index (χ1v) is 6.25. The Morgan fingerprint density at radius 1 is 1.53 bits per heavy atom. The molecule has 0 saturated carbocycles. The lowest BCUT2D eigenvalue weighted by molar-refractivity contribution is -0.137. The van der Waals surface area contributed by atoms with Crippen molar-refractivity contribution in [2.45, 2.75) is 29.9 Å². The molecule has 4 nitrogen and oxygen atoms in total. The summed E-state index contributed by atoms with van der Waals surface area (Å²) >= 11 is 1.45.